The molecule has 1 aromatic heterocycles. The van der Waals surface area contributed by atoms with Crippen molar-refractivity contribution in [3.63, 3.8) is 0 Å². The molecule has 0 saturated carbocycles. The summed E-state index contributed by atoms with van der Waals surface area (Å²) in [6, 6.07) is 14.6. The predicted octanol–water partition coefficient (Wildman–Crippen LogP) is 4.14. The number of aromatic amines is 1. The van der Waals surface area contributed by atoms with E-state index in [1.54, 1.807) is 12.1 Å². The van der Waals surface area contributed by atoms with Gasteiger partial charge in [0.05, 0.1) is 16.1 Å². The molecule has 3 aromatic rings. The molecule has 0 aliphatic carbocycles. The van der Waals surface area contributed by atoms with Crippen LogP contribution in [-0.2, 0) is 0 Å². The van der Waals surface area contributed by atoms with Gasteiger partial charge in [-0.1, -0.05) is 41.9 Å². The van der Waals surface area contributed by atoms with Crippen LogP contribution in [-0.4, -0.2) is 4.98 Å². The number of halogens is 1. The van der Waals surface area contributed by atoms with Gasteiger partial charge in [0.1, 0.15) is 0 Å². The Bertz CT molecular complexity index is 826. The first-order valence-electron chi connectivity index (χ1n) is 5.77. The fourth-order valence-corrected chi connectivity index (χ4v) is 2.71. The summed E-state index contributed by atoms with van der Waals surface area (Å²) < 4.78 is 0. The van der Waals surface area contributed by atoms with E-state index in [4.69, 9.17) is 11.6 Å². The summed E-state index contributed by atoms with van der Waals surface area (Å²) in [7, 11) is 0. The molecule has 0 aliphatic rings. The zero-order valence-corrected chi connectivity index (χ0v) is 11.5. The van der Waals surface area contributed by atoms with Crippen LogP contribution in [0.15, 0.2) is 58.4 Å². The van der Waals surface area contributed by atoms with Crippen molar-refractivity contribution in [2.45, 2.75) is 5.03 Å². The highest BCUT2D eigenvalue weighted by molar-refractivity contribution is 7.80. The Morgan fingerprint density at radius 1 is 1.00 bits per heavy atom. The maximum absolute atomic E-state index is 12.6. The van der Waals surface area contributed by atoms with Gasteiger partial charge in [-0.05, 0) is 18.2 Å². The number of para-hydroxylation sites is 1. The number of pyridine rings is 1. The highest BCUT2D eigenvalue weighted by Crippen LogP contribution is 2.29. The van der Waals surface area contributed by atoms with Crippen LogP contribution in [0.1, 0.15) is 0 Å². The predicted molar refractivity (Wildman–Crippen MR) is 82.3 cm³/mol. The SMILES string of the molecule is O=c1c(-c2ccccc2Cl)c(S)[nH]c2ccccc12. The second-order valence-corrected chi connectivity index (χ2v) is 5.06. The number of fused-ring (bicyclic) bond motifs is 1. The minimum Gasteiger partial charge on any atom is -0.349 e. The van der Waals surface area contributed by atoms with Crippen LogP contribution in [0.25, 0.3) is 22.0 Å². The van der Waals surface area contributed by atoms with Gasteiger partial charge in [0.2, 0.25) is 0 Å². The molecule has 19 heavy (non-hydrogen) atoms. The van der Waals surface area contributed by atoms with Gasteiger partial charge >= 0.3 is 0 Å². The number of thiol groups is 1. The Morgan fingerprint density at radius 2 is 1.68 bits per heavy atom. The first-order valence-corrected chi connectivity index (χ1v) is 6.60. The minimum absolute atomic E-state index is 0.0625. The molecule has 0 amide bonds. The number of benzene rings is 2. The van der Waals surface area contributed by atoms with Gasteiger partial charge in [0, 0.05) is 16.0 Å². The highest BCUT2D eigenvalue weighted by atomic mass is 35.5. The molecule has 0 spiro atoms. The monoisotopic (exact) mass is 287 g/mol. The van der Waals surface area contributed by atoms with E-state index >= 15 is 0 Å². The largest absolute Gasteiger partial charge is 0.349 e. The molecular weight excluding hydrogens is 278 g/mol. The number of hydrogen-bond acceptors (Lipinski definition) is 2. The summed E-state index contributed by atoms with van der Waals surface area (Å²) >= 11 is 10.6. The van der Waals surface area contributed by atoms with E-state index in [0.29, 0.717) is 26.6 Å². The Labute approximate surface area is 120 Å². The third-order valence-corrected chi connectivity index (χ3v) is 3.70. The molecule has 0 atom stereocenters. The second-order valence-electron chi connectivity index (χ2n) is 4.20. The number of aromatic nitrogens is 1. The number of H-pyrrole nitrogens is 1. The fraction of sp³-hybridized carbons (Fsp3) is 0. The van der Waals surface area contributed by atoms with E-state index in [0.717, 1.165) is 5.52 Å². The third-order valence-electron chi connectivity index (χ3n) is 3.03. The number of hydrogen-bond donors (Lipinski definition) is 2. The zero-order chi connectivity index (χ0) is 13.4. The summed E-state index contributed by atoms with van der Waals surface area (Å²) in [4.78, 5) is 15.7. The van der Waals surface area contributed by atoms with Crippen molar-refractivity contribution in [2.75, 3.05) is 0 Å². The van der Waals surface area contributed by atoms with Crippen molar-refractivity contribution in [1.29, 1.82) is 0 Å². The molecule has 4 heteroatoms. The highest BCUT2D eigenvalue weighted by Gasteiger charge is 2.13. The quantitative estimate of drug-likeness (QED) is 0.648. The molecule has 0 saturated heterocycles. The molecule has 3 rings (SSSR count). The summed E-state index contributed by atoms with van der Waals surface area (Å²) in [5.74, 6) is 0. The summed E-state index contributed by atoms with van der Waals surface area (Å²) in [6.07, 6.45) is 0. The van der Waals surface area contributed by atoms with E-state index in [1.807, 2.05) is 36.4 Å². The van der Waals surface area contributed by atoms with Gasteiger partial charge in [-0.25, -0.2) is 0 Å². The second kappa shape index (κ2) is 4.76. The van der Waals surface area contributed by atoms with Gasteiger partial charge in [-0.3, -0.25) is 4.79 Å². The standard InChI is InChI=1S/C15H10ClNOS/c16-11-7-3-1-5-9(11)13-14(18)10-6-2-4-8-12(10)17-15(13)19/h1-8H,(H2,17,18,19). The van der Waals surface area contributed by atoms with Gasteiger partial charge in [0.15, 0.2) is 5.43 Å². The van der Waals surface area contributed by atoms with Crippen LogP contribution in [0.5, 0.6) is 0 Å². The van der Waals surface area contributed by atoms with E-state index in [2.05, 4.69) is 17.6 Å². The lowest BCUT2D eigenvalue weighted by molar-refractivity contribution is 1.19. The van der Waals surface area contributed by atoms with E-state index < -0.39 is 0 Å². The van der Waals surface area contributed by atoms with Crippen molar-refractivity contribution in [2.24, 2.45) is 0 Å². The molecule has 0 radical (unpaired) electrons. The Kier molecular flexibility index (Phi) is 3.09. The summed E-state index contributed by atoms with van der Waals surface area (Å²) in [5, 5.41) is 1.70. The Balaban J connectivity index is 2.43. The van der Waals surface area contributed by atoms with Gasteiger partial charge in [-0.15, -0.1) is 12.6 Å². The van der Waals surface area contributed by atoms with Crippen molar-refractivity contribution in [3.05, 3.63) is 63.8 Å². The maximum Gasteiger partial charge on any atom is 0.198 e. The maximum atomic E-state index is 12.6. The summed E-state index contributed by atoms with van der Waals surface area (Å²) in [6.45, 7) is 0. The number of rotatable bonds is 1. The lowest BCUT2D eigenvalue weighted by atomic mass is 10.0. The topological polar surface area (TPSA) is 32.9 Å². The average molecular weight is 288 g/mol. The fourth-order valence-electron chi connectivity index (χ4n) is 2.14. The first-order chi connectivity index (χ1) is 9.18. The smallest absolute Gasteiger partial charge is 0.198 e. The third kappa shape index (κ3) is 2.05. The molecule has 0 aliphatic heterocycles. The van der Waals surface area contributed by atoms with Gasteiger partial charge in [0.25, 0.3) is 0 Å². The van der Waals surface area contributed by atoms with Crippen molar-refractivity contribution in [3.8, 4) is 11.1 Å². The molecule has 2 nitrogen and oxygen atoms in total. The van der Waals surface area contributed by atoms with Crippen LogP contribution in [0.4, 0.5) is 0 Å². The van der Waals surface area contributed by atoms with Crippen LogP contribution >= 0.6 is 24.2 Å². The number of nitrogens with one attached hydrogen (secondary N) is 1. The normalized spacial score (nSPS) is 10.8. The van der Waals surface area contributed by atoms with E-state index in [1.165, 1.54) is 0 Å². The van der Waals surface area contributed by atoms with Crippen molar-refractivity contribution < 1.29 is 0 Å². The lowest BCUT2D eigenvalue weighted by Gasteiger charge is -2.08. The molecule has 2 aromatic carbocycles. The molecule has 0 fully saturated rings. The molecule has 1 N–H and O–H groups in total. The Morgan fingerprint density at radius 3 is 2.47 bits per heavy atom. The van der Waals surface area contributed by atoms with E-state index in [-0.39, 0.29) is 5.43 Å². The Hall–Kier alpha value is -1.71. The minimum atomic E-state index is -0.0625. The van der Waals surface area contributed by atoms with Crippen LogP contribution < -0.4 is 5.43 Å². The molecular formula is C15H10ClNOS. The molecule has 0 bridgehead atoms. The molecule has 0 unspecified atom stereocenters. The zero-order valence-electron chi connectivity index (χ0n) is 9.85. The van der Waals surface area contributed by atoms with Crippen molar-refractivity contribution >= 4 is 35.1 Å². The van der Waals surface area contributed by atoms with Crippen LogP contribution in [0.2, 0.25) is 5.02 Å². The summed E-state index contributed by atoms with van der Waals surface area (Å²) in [5.41, 5.74) is 1.91. The van der Waals surface area contributed by atoms with E-state index in [9.17, 15) is 4.79 Å². The van der Waals surface area contributed by atoms with Gasteiger partial charge < -0.3 is 4.98 Å². The molecule has 94 valence electrons. The van der Waals surface area contributed by atoms with Crippen molar-refractivity contribution in [1.82, 2.24) is 4.98 Å². The van der Waals surface area contributed by atoms with Crippen LogP contribution in [0, 0.1) is 0 Å². The molecule has 1 heterocycles. The van der Waals surface area contributed by atoms with Gasteiger partial charge in [-0.2, -0.15) is 0 Å². The average Bonchev–Trinajstić information content (AvgIpc) is 2.41. The lowest BCUT2D eigenvalue weighted by Crippen LogP contribution is -2.08. The first kappa shape index (κ1) is 12.3. The van der Waals surface area contributed by atoms with Crippen LogP contribution in [0.3, 0.4) is 0 Å².